The van der Waals surface area contributed by atoms with E-state index in [-0.39, 0.29) is 28.4 Å². The zero-order valence-electron chi connectivity index (χ0n) is 18.7. The average molecular weight is 486 g/mol. The summed E-state index contributed by atoms with van der Waals surface area (Å²) < 4.78 is 44.4. The maximum Gasteiger partial charge on any atom is 0.208 e. The Hall–Kier alpha value is -3.22. The van der Waals surface area contributed by atoms with Crippen LogP contribution in [0.2, 0.25) is 0 Å². The molecule has 0 saturated carbocycles. The van der Waals surface area contributed by atoms with Gasteiger partial charge in [-0.05, 0) is 30.7 Å². The molecule has 0 aliphatic carbocycles. The average Bonchev–Trinajstić information content (AvgIpc) is 2.75. The number of pyridine rings is 2. The summed E-state index contributed by atoms with van der Waals surface area (Å²) in [6, 6.07) is 6.82. The van der Waals surface area contributed by atoms with Gasteiger partial charge >= 0.3 is 0 Å². The van der Waals surface area contributed by atoms with Gasteiger partial charge in [0, 0.05) is 43.2 Å². The topological polar surface area (TPSA) is 122 Å². The number of aromatic nitrogens is 4. The molecular weight excluding hydrogens is 461 g/mol. The number of hydrogen-bond donors (Lipinski definition) is 2. The van der Waals surface area contributed by atoms with Gasteiger partial charge in [0.1, 0.15) is 22.9 Å². The first-order valence-corrected chi connectivity index (χ1v) is 12.6. The molecule has 0 aromatic carbocycles. The molecular formula is C22H24FN7O3S. The van der Waals surface area contributed by atoms with E-state index in [0.717, 1.165) is 44.4 Å². The molecule has 3 aromatic heterocycles. The number of hydrogen-bond acceptors (Lipinski definition) is 10. The van der Waals surface area contributed by atoms with Crippen molar-refractivity contribution in [3.8, 4) is 0 Å². The normalized spacial score (nSPS) is 18.1. The Bertz CT molecular complexity index is 1310. The Labute approximate surface area is 196 Å². The predicted molar refractivity (Wildman–Crippen MR) is 123 cm³/mol. The minimum Gasteiger partial charge on any atom is -0.380 e. The van der Waals surface area contributed by atoms with E-state index in [4.69, 9.17) is 4.74 Å². The van der Waals surface area contributed by atoms with Gasteiger partial charge in [0.25, 0.3) is 0 Å². The lowest BCUT2D eigenvalue weighted by Crippen LogP contribution is -2.66. The largest absolute Gasteiger partial charge is 0.380 e. The smallest absolute Gasteiger partial charge is 0.208 e. The fraction of sp³-hybridized carbons (Fsp3) is 0.364. The van der Waals surface area contributed by atoms with Crippen molar-refractivity contribution in [1.82, 2.24) is 24.8 Å². The summed E-state index contributed by atoms with van der Waals surface area (Å²) in [5, 5.41) is 5.50. The molecule has 10 nitrogen and oxygen atoms in total. The van der Waals surface area contributed by atoms with E-state index < -0.39 is 15.7 Å². The number of anilines is 4. The van der Waals surface area contributed by atoms with Crippen molar-refractivity contribution in [2.24, 2.45) is 5.41 Å². The standard InChI is InChI=1S/C22H24FN7O3S/c1-14(30-9-22(10-30)11-33-12-22)15-5-6-17(25-8-15)28-20-18(23)21(27-13-26-20)29-19-16(34(2,31)32)4-3-7-24-19/h3-8,13-14H,9-12H2,1-2H3,(H2,24,25,26,27,28,29). The molecule has 2 N–H and O–H groups in total. The summed E-state index contributed by atoms with van der Waals surface area (Å²) in [6.07, 6.45) is 5.38. The van der Waals surface area contributed by atoms with Gasteiger partial charge in [0.15, 0.2) is 21.5 Å². The highest BCUT2D eigenvalue weighted by atomic mass is 32.2. The molecule has 2 aliphatic rings. The summed E-state index contributed by atoms with van der Waals surface area (Å²) in [5.74, 6) is -0.705. The second-order valence-electron chi connectivity index (χ2n) is 8.81. The van der Waals surface area contributed by atoms with Crippen LogP contribution in [0, 0.1) is 11.2 Å². The molecule has 2 aliphatic heterocycles. The van der Waals surface area contributed by atoms with Crippen molar-refractivity contribution in [3.05, 3.63) is 54.4 Å². The lowest BCUT2D eigenvalue weighted by Gasteiger charge is -2.57. The van der Waals surface area contributed by atoms with E-state index in [1.807, 2.05) is 6.07 Å². The molecule has 2 fully saturated rings. The van der Waals surface area contributed by atoms with Gasteiger partial charge in [0.2, 0.25) is 5.82 Å². The van der Waals surface area contributed by atoms with Crippen LogP contribution < -0.4 is 10.6 Å². The van der Waals surface area contributed by atoms with Crippen LogP contribution in [0.15, 0.2) is 47.9 Å². The first kappa shape index (κ1) is 22.6. The number of nitrogens with one attached hydrogen (secondary N) is 2. The van der Waals surface area contributed by atoms with Crippen LogP contribution in [0.1, 0.15) is 18.5 Å². The van der Waals surface area contributed by atoms with Crippen LogP contribution in [0.4, 0.5) is 27.7 Å². The summed E-state index contributed by atoms with van der Waals surface area (Å²) in [4.78, 5) is 18.6. The fourth-order valence-corrected chi connectivity index (χ4v) is 4.94. The third-order valence-corrected chi connectivity index (χ3v) is 7.28. The third kappa shape index (κ3) is 4.31. The van der Waals surface area contributed by atoms with Crippen LogP contribution in [0.3, 0.4) is 0 Å². The number of ether oxygens (including phenoxy) is 1. The number of nitrogens with zero attached hydrogens (tertiary/aromatic N) is 5. The van der Waals surface area contributed by atoms with Crippen molar-refractivity contribution in [2.45, 2.75) is 17.9 Å². The van der Waals surface area contributed by atoms with Gasteiger partial charge < -0.3 is 15.4 Å². The minimum absolute atomic E-state index is 0.0220. The molecule has 1 unspecified atom stereocenters. The van der Waals surface area contributed by atoms with Gasteiger partial charge in [-0.3, -0.25) is 4.90 Å². The summed E-state index contributed by atoms with van der Waals surface area (Å²) in [7, 11) is -3.57. The zero-order chi connectivity index (χ0) is 23.9. The summed E-state index contributed by atoms with van der Waals surface area (Å²) >= 11 is 0. The van der Waals surface area contributed by atoms with E-state index in [2.05, 4.69) is 42.4 Å². The van der Waals surface area contributed by atoms with E-state index in [0.29, 0.717) is 11.2 Å². The SMILES string of the molecule is CC(c1ccc(Nc2ncnc(Nc3ncccc3S(C)(=O)=O)c2F)nc1)N1CC2(COC2)C1. The van der Waals surface area contributed by atoms with E-state index >= 15 is 4.39 Å². The van der Waals surface area contributed by atoms with Gasteiger partial charge in [-0.2, -0.15) is 4.39 Å². The molecule has 5 rings (SSSR count). The summed E-state index contributed by atoms with van der Waals surface area (Å²) in [6.45, 7) is 5.87. The van der Waals surface area contributed by atoms with Crippen LogP contribution >= 0.6 is 0 Å². The molecule has 178 valence electrons. The highest BCUT2D eigenvalue weighted by Gasteiger charge is 2.50. The number of halogens is 1. The maximum atomic E-state index is 15.1. The quantitative estimate of drug-likeness (QED) is 0.516. The number of likely N-dealkylation sites (tertiary alicyclic amines) is 1. The minimum atomic E-state index is -3.57. The van der Waals surface area contributed by atoms with E-state index in [1.165, 1.54) is 18.3 Å². The van der Waals surface area contributed by atoms with E-state index in [1.54, 1.807) is 12.3 Å². The highest BCUT2D eigenvalue weighted by Crippen LogP contribution is 2.41. The lowest BCUT2D eigenvalue weighted by molar-refractivity contribution is -0.197. The molecule has 1 spiro atoms. The predicted octanol–water partition coefficient (Wildman–Crippen LogP) is 2.69. The first-order chi connectivity index (χ1) is 16.2. The molecule has 1 atom stereocenters. The van der Waals surface area contributed by atoms with Crippen LogP contribution in [-0.4, -0.2) is 65.8 Å². The third-order valence-electron chi connectivity index (χ3n) is 6.15. The number of sulfone groups is 1. The highest BCUT2D eigenvalue weighted by molar-refractivity contribution is 7.90. The van der Waals surface area contributed by atoms with Gasteiger partial charge in [-0.15, -0.1) is 0 Å². The molecule has 5 heterocycles. The van der Waals surface area contributed by atoms with Crippen molar-refractivity contribution in [2.75, 3.05) is 43.2 Å². The van der Waals surface area contributed by atoms with Gasteiger partial charge in [-0.1, -0.05) is 6.07 Å². The first-order valence-electron chi connectivity index (χ1n) is 10.7. The second kappa shape index (κ2) is 8.53. The van der Waals surface area contributed by atoms with Crippen LogP contribution in [0.5, 0.6) is 0 Å². The van der Waals surface area contributed by atoms with Crippen LogP contribution in [-0.2, 0) is 14.6 Å². The fourth-order valence-electron chi connectivity index (χ4n) is 4.16. The molecule has 34 heavy (non-hydrogen) atoms. The van der Waals surface area contributed by atoms with Crippen molar-refractivity contribution in [3.63, 3.8) is 0 Å². The molecule has 3 aromatic rings. The molecule has 2 saturated heterocycles. The van der Waals surface area contributed by atoms with Crippen LogP contribution in [0.25, 0.3) is 0 Å². The van der Waals surface area contributed by atoms with Gasteiger partial charge in [0.05, 0.1) is 13.2 Å². The second-order valence-corrected chi connectivity index (χ2v) is 10.8. The van der Waals surface area contributed by atoms with Crippen molar-refractivity contribution < 1.29 is 17.5 Å². The van der Waals surface area contributed by atoms with E-state index in [9.17, 15) is 8.42 Å². The van der Waals surface area contributed by atoms with Gasteiger partial charge in [-0.25, -0.2) is 28.4 Å². The Morgan fingerprint density at radius 2 is 1.79 bits per heavy atom. The Morgan fingerprint density at radius 1 is 1.06 bits per heavy atom. The lowest BCUT2D eigenvalue weighted by atomic mass is 9.77. The molecule has 0 bridgehead atoms. The Morgan fingerprint density at radius 3 is 2.41 bits per heavy atom. The monoisotopic (exact) mass is 485 g/mol. The number of rotatable bonds is 7. The molecule has 0 amide bonds. The van der Waals surface area contributed by atoms with Crippen molar-refractivity contribution >= 4 is 33.1 Å². The molecule has 0 radical (unpaired) electrons. The zero-order valence-corrected chi connectivity index (χ0v) is 19.5. The molecule has 12 heteroatoms. The maximum absolute atomic E-state index is 15.1. The Kier molecular flexibility index (Phi) is 5.66. The summed E-state index contributed by atoms with van der Waals surface area (Å²) in [5.41, 5.74) is 1.41. The Balaban J connectivity index is 1.29. The van der Waals surface area contributed by atoms with Crippen molar-refractivity contribution in [1.29, 1.82) is 0 Å².